The van der Waals surface area contributed by atoms with Gasteiger partial charge in [-0.05, 0) is 30.3 Å². The number of piperazine rings is 1. The second kappa shape index (κ2) is 8.18. The third kappa shape index (κ3) is 4.32. The van der Waals surface area contributed by atoms with Crippen LogP contribution in [-0.4, -0.2) is 47.7 Å². The molecule has 3 rings (SSSR count). The Hall–Kier alpha value is -2.61. The molecule has 6 nitrogen and oxygen atoms in total. The van der Waals surface area contributed by atoms with Gasteiger partial charge in [0.15, 0.2) is 0 Å². The van der Waals surface area contributed by atoms with Gasteiger partial charge >= 0.3 is 0 Å². The minimum atomic E-state index is -0.383. The number of anilines is 1. The Morgan fingerprint density at radius 1 is 1.08 bits per heavy atom. The summed E-state index contributed by atoms with van der Waals surface area (Å²) in [5, 5.41) is 11.2. The number of nitro groups is 1. The molecular weight excluding hydrogens is 357 g/mol. The van der Waals surface area contributed by atoms with Crippen LogP contribution in [0.15, 0.2) is 53.4 Å². The Morgan fingerprint density at radius 2 is 1.73 bits per heavy atom. The molecule has 0 spiro atoms. The van der Waals surface area contributed by atoms with Crippen molar-refractivity contribution in [2.45, 2.75) is 4.90 Å². The highest BCUT2D eigenvalue weighted by atomic mass is 32.2. The molecule has 26 heavy (non-hydrogen) atoms. The molecule has 1 aliphatic heterocycles. The fourth-order valence-electron chi connectivity index (χ4n) is 2.85. The van der Waals surface area contributed by atoms with Crippen molar-refractivity contribution in [1.82, 2.24) is 4.90 Å². The first-order valence-corrected chi connectivity index (χ1v) is 9.17. The number of hydrogen-bond donors (Lipinski definition) is 0. The van der Waals surface area contributed by atoms with Gasteiger partial charge in [0.05, 0.1) is 10.7 Å². The van der Waals surface area contributed by atoms with Crippen LogP contribution >= 0.6 is 11.8 Å². The molecule has 1 amide bonds. The van der Waals surface area contributed by atoms with Gasteiger partial charge < -0.3 is 9.80 Å². The summed E-state index contributed by atoms with van der Waals surface area (Å²) < 4.78 is 12.9. The number of carbonyl (C=O) groups excluding carboxylic acids is 1. The van der Waals surface area contributed by atoms with Crippen molar-refractivity contribution in [3.8, 4) is 0 Å². The van der Waals surface area contributed by atoms with E-state index in [9.17, 15) is 19.3 Å². The molecule has 1 heterocycles. The van der Waals surface area contributed by atoms with Gasteiger partial charge in [0.25, 0.3) is 5.69 Å². The van der Waals surface area contributed by atoms with Gasteiger partial charge in [0, 0.05) is 37.1 Å². The lowest BCUT2D eigenvalue weighted by atomic mass is 10.2. The van der Waals surface area contributed by atoms with Crippen LogP contribution in [0.4, 0.5) is 15.8 Å². The van der Waals surface area contributed by atoms with E-state index in [2.05, 4.69) is 0 Å². The number of thioether (sulfide) groups is 1. The van der Waals surface area contributed by atoms with Crippen LogP contribution in [0.25, 0.3) is 0 Å². The molecule has 1 fully saturated rings. The fourth-order valence-corrected chi connectivity index (χ4v) is 3.65. The molecule has 136 valence electrons. The van der Waals surface area contributed by atoms with Crippen LogP contribution in [0.5, 0.6) is 0 Å². The maximum Gasteiger partial charge on any atom is 0.292 e. The predicted octanol–water partition coefficient (Wildman–Crippen LogP) is 3.17. The molecule has 0 saturated carbocycles. The van der Waals surface area contributed by atoms with Crippen LogP contribution in [0.2, 0.25) is 0 Å². The van der Waals surface area contributed by atoms with Gasteiger partial charge in [-0.2, -0.15) is 0 Å². The zero-order valence-electron chi connectivity index (χ0n) is 14.0. The maximum atomic E-state index is 12.9. The summed E-state index contributed by atoms with van der Waals surface area (Å²) in [4.78, 5) is 27.7. The SMILES string of the molecule is O=C(CSc1ccc(F)cc1)N1CCN(c2ccccc2[N+](=O)[O-])CC1. The van der Waals surface area contributed by atoms with E-state index >= 15 is 0 Å². The van der Waals surface area contributed by atoms with E-state index in [0.717, 1.165) is 4.90 Å². The number of nitrogens with zero attached hydrogens (tertiary/aromatic N) is 3. The van der Waals surface area contributed by atoms with Crippen LogP contribution in [0.1, 0.15) is 0 Å². The lowest BCUT2D eigenvalue weighted by Crippen LogP contribution is -2.49. The average Bonchev–Trinajstić information content (AvgIpc) is 2.67. The van der Waals surface area contributed by atoms with Crippen molar-refractivity contribution in [3.63, 3.8) is 0 Å². The summed E-state index contributed by atoms with van der Waals surface area (Å²) in [6, 6.07) is 12.7. The highest BCUT2D eigenvalue weighted by Crippen LogP contribution is 2.28. The van der Waals surface area contributed by atoms with Gasteiger partial charge in [0.2, 0.25) is 5.91 Å². The number of nitro benzene ring substituents is 1. The Balaban J connectivity index is 1.54. The van der Waals surface area contributed by atoms with Gasteiger partial charge in [-0.25, -0.2) is 4.39 Å². The highest BCUT2D eigenvalue weighted by molar-refractivity contribution is 8.00. The highest BCUT2D eigenvalue weighted by Gasteiger charge is 2.25. The normalized spacial score (nSPS) is 14.3. The lowest BCUT2D eigenvalue weighted by Gasteiger charge is -2.35. The van der Waals surface area contributed by atoms with E-state index in [4.69, 9.17) is 0 Å². The molecule has 2 aromatic carbocycles. The second-order valence-corrected chi connectivity index (χ2v) is 6.91. The first-order chi connectivity index (χ1) is 12.5. The number of para-hydroxylation sites is 2. The Labute approximate surface area is 154 Å². The second-order valence-electron chi connectivity index (χ2n) is 5.86. The van der Waals surface area contributed by atoms with Gasteiger partial charge in [-0.1, -0.05) is 12.1 Å². The number of benzene rings is 2. The average molecular weight is 375 g/mol. The van der Waals surface area contributed by atoms with E-state index < -0.39 is 0 Å². The smallest absolute Gasteiger partial charge is 0.292 e. The van der Waals surface area contributed by atoms with Gasteiger partial charge in [0.1, 0.15) is 11.5 Å². The van der Waals surface area contributed by atoms with E-state index in [1.54, 1.807) is 35.2 Å². The molecule has 8 heteroatoms. The molecule has 0 unspecified atom stereocenters. The lowest BCUT2D eigenvalue weighted by molar-refractivity contribution is -0.384. The predicted molar refractivity (Wildman–Crippen MR) is 99.0 cm³/mol. The largest absolute Gasteiger partial charge is 0.362 e. The van der Waals surface area contributed by atoms with Crippen molar-refractivity contribution in [1.29, 1.82) is 0 Å². The molecular formula is C18H18FN3O3S. The monoisotopic (exact) mass is 375 g/mol. The summed E-state index contributed by atoms with van der Waals surface area (Å²) in [5.41, 5.74) is 0.671. The van der Waals surface area contributed by atoms with Crippen LogP contribution in [-0.2, 0) is 4.79 Å². The number of hydrogen-bond acceptors (Lipinski definition) is 5. The maximum absolute atomic E-state index is 12.9. The van der Waals surface area contributed by atoms with E-state index in [1.165, 1.54) is 30.0 Å². The van der Waals surface area contributed by atoms with Crippen LogP contribution in [0.3, 0.4) is 0 Å². The van der Waals surface area contributed by atoms with Crippen molar-refractivity contribution in [2.75, 3.05) is 36.8 Å². The third-order valence-electron chi connectivity index (χ3n) is 4.23. The molecule has 0 aliphatic carbocycles. The van der Waals surface area contributed by atoms with Crippen molar-refractivity contribution in [3.05, 3.63) is 64.5 Å². The summed E-state index contributed by atoms with van der Waals surface area (Å²) in [5.74, 6) is 0.00486. The van der Waals surface area contributed by atoms with Crippen molar-refractivity contribution < 1.29 is 14.1 Å². The minimum Gasteiger partial charge on any atom is -0.362 e. The number of amides is 1. The van der Waals surface area contributed by atoms with E-state index in [0.29, 0.717) is 31.9 Å². The fraction of sp³-hybridized carbons (Fsp3) is 0.278. The molecule has 0 atom stereocenters. The number of rotatable bonds is 5. The van der Waals surface area contributed by atoms with E-state index in [1.807, 2.05) is 4.90 Å². The summed E-state index contributed by atoms with van der Waals surface area (Å²) in [6.45, 7) is 2.15. The van der Waals surface area contributed by atoms with Crippen LogP contribution < -0.4 is 4.90 Å². The quantitative estimate of drug-likeness (QED) is 0.456. The summed E-state index contributed by atoms with van der Waals surface area (Å²) in [7, 11) is 0. The van der Waals surface area contributed by atoms with Crippen molar-refractivity contribution in [2.24, 2.45) is 0 Å². The molecule has 0 N–H and O–H groups in total. The molecule has 2 aromatic rings. The van der Waals surface area contributed by atoms with E-state index in [-0.39, 0.29) is 28.1 Å². The van der Waals surface area contributed by atoms with Crippen LogP contribution in [0, 0.1) is 15.9 Å². The number of halogens is 1. The Morgan fingerprint density at radius 3 is 2.38 bits per heavy atom. The minimum absolute atomic E-state index is 0.0153. The molecule has 0 bridgehead atoms. The third-order valence-corrected chi connectivity index (χ3v) is 5.22. The zero-order chi connectivity index (χ0) is 18.5. The Kier molecular flexibility index (Phi) is 5.72. The van der Waals surface area contributed by atoms with Gasteiger partial charge in [-0.15, -0.1) is 11.8 Å². The summed E-state index contributed by atoms with van der Waals surface area (Å²) >= 11 is 1.37. The zero-order valence-corrected chi connectivity index (χ0v) is 14.8. The molecule has 0 radical (unpaired) electrons. The first-order valence-electron chi connectivity index (χ1n) is 8.19. The summed E-state index contributed by atoms with van der Waals surface area (Å²) in [6.07, 6.45) is 0. The number of carbonyl (C=O) groups is 1. The topological polar surface area (TPSA) is 66.7 Å². The molecule has 0 aromatic heterocycles. The van der Waals surface area contributed by atoms with Crippen molar-refractivity contribution >= 4 is 29.0 Å². The molecule has 1 aliphatic rings. The first kappa shape index (κ1) is 18.2. The Bertz CT molecular complexity index is 793. The standard InChI is InChI=1S/C18H18FN3O3S/c19-14-5-7-15(8-6-14)26-13-18(23)21-11-9-20(10-12-21)16-3-1-2-4-17(16)22(24)25/h1-8H,9-13H2. The van der Waals surface area contributed by atoms with Gasteiger partial charge in [-0.3, -0.25) is 14.9 Å². The molecule has 1 saturated heterocycles.